The molecule has 2 rings (SSSR count). The molecule has 2 aromatic carbocycles. The lowest BCUT2D eigenvalue weighted by Gasteiger charge is -2.25. The van der Waals surface area contributed by atoms with Gasteiger partial charge < -0.3 is 14.2 Å². The van der Waals surface area contributed by atoms with E-state index in [0.29, 0.717) is 26.4 Å². The van der Waals surface area contributed by atoms with E-state index < -0.39 is 0 Å². The third-order valence-electron chi connectivity index (χ3n) is 6.68. The van der Waals surface area contributed by atoms with E-state index in [1.54, 1.807) is 0 Å². The second-order valence-electron chi connectivity index (χ2n) is 11.5. The maximum absolute atomic E-state index is 6.15. The molecule has 0 atom stereocenters. The first-order chi connectivity index (χ1) is 16.5. The van der Waals surface area contributed by atoms with E-state index in [1.165, 1.54) is 33.4 Å². The third-order valence-corrected chi connectivity index (χ3v) is 6.68. The molecule has 3 heteroatoms. The zero-order valence-electron chi connectivity index (χ0n) is 24.2. The fourth-order valence-corrected chi connectivity index (χ4v) is 4.66. The molecular formula is C32H50O3. The van der Waals surface area contributed by atoms with Gasteiger partial charge in [-0.2, -0.15) is 0 Å². The van der Waals surface area contributed by atoms with E-state index in [9.17, 15) is 0 Å². The molecule has 0 radical (unpaired) electrons. The Morgan fingerprint density at radius 3 is 1.11 bits per heavy atom. The predicted octanol–water partition coefficient (Wildman–Crippen LogP) is 8.01. The molecule has 0 saturated carbocycles. The number of hydrogen-bond donors (Lipinski definition) is 0. The summed E-state index contributed by atoms with van der Waals surface area (Å²) in [4.78, 5) is 0. The normalized spacial score (nSPS) is 12.2. The van der Waals surface area contributed by atoms with Crippen molar-refractivity contribution in [2.24, 2.45) is 0 Å². The number of ether oxygens (including phenoxy) is 3. The Hall–Kier alpha value is -2.00. The highest BCUT2D eigenvalue weighted by molar-refractivity contribution is 5.46. The molecule has 0 saturated heterocycles. The molecule has 0 N–H and O–H groups in total. The van der Waals surface area contributed by atoms with Crippen LogP contribution >= 0.6 is 0 Å². The summed E-state index contributed by atoms with van der Waals surface area (Å²) in [5.74, 6) is 1.99. The van der Waals surface area contributed by atoms with Crippen LogP contribution in [0.5, 0.6) is 11.5 Å². The first-order valence-corrected chi connectivity index (χ1v) is 13.6. The van der Waals surface area contributed by atoms with E-state index >= 15 is 0 Å². The van der Waals surface area contributed by atoms with E-state index in [1.807, 2.05) is 0 Å². The molecule has 0 aliphatic rings. The van der Waals surface area contributed by atoms with Crippen LogP contribution in [0, 0.1) is 0 Å². The second kappa shape index (κ2) is 12.8. The van der Waals surface area contributed by atoms with Gasteiger partial charge in [-0.1, -0.05) is 81.4 Å². The molecule has 0 bridgehead atoms. The Balaban J connectivity index is 1.90. The van der Waals surface area contributed by atoms with Gasteiger partial charge in [-0.15, -0.1) is 0 Å². The van der Waals surface area contributed by atoms with Crippen LogP contribution in [0.4, 0.5) is 0 Å². The maximum atomic E-state index is 6.15. The van der Waals surface area contributed by atoms with Crippen molar-refractivity contribution < 1.29 is 14.2 Å². The van der Waals surface area contributed by atoms with Crippen molar-refractivity contribution in [1.29, 1.82) is 0 Å². The number of aryl methyl sites for hydroxylation is 4. The molecular weight excluding hydrogens is 432 g/mol. The Bertz CT molecular complexity index is 867. The van der Waals surface area contributed by atoms with Crippen LogP contribution in [0.15, 0.2) is 24.3 Å². The van der Waals surface area contributed by atoms with Gasteiger partial charge in [0.2, 0.25) is 0 Å². The van der Waals surface area contributed by atoms with Crippen molar-refractivity contribution in [3.63, 3.8) is 0 Å². The van der Waals surface area contributed by atoms with Crippen molar-refractivity contribution in [1.82, 2.24) is 0 Å². The van der Waals surface area contributed by atoms with Crippen molar-refractivity contribution in [2.75, 3.05) is 26.4 Å². The summed E-state index contributed by atoms with van der Waals surface area (Å²) < 4.78 is 18.1. The first-order valence-electron chi connectivity index (χ1n) is 13.6. The molecule has 3 nitrogen and oxygen atoms in total. The van der Waals surface area contributed by atoms with Gasteiger partial charge >= 0.3 is 0 Å². The lowest BCUT2D eigenvalue weighted by atomic mass is 9.81. The second-order valence-corrected chi connectivity index (χ2v) is 11.5. The van der Waals surface area contributed by atoms with Gasteiger partial charge in [0, 0.05) is 0 Å². The fourth-order valence-electron chi connectivity index (χ4n) is 4.66. The zero-order valence-corrected chi connectivity index (χ0v) is 24.2. The molecule has 0 heterocycles. The maximum Gasteiger partial charge on any atom is 0.122 e. The van der Waals surface area contributed by atoms with Gasteiger partial charge in [-0.3, -0.25) is 0 Å². The lowest BCUT2D eigenvalue weighted by Crippen LogP contribution is -2.17. The molecule has 196 valence electrons. The van der Waals surface area contributed by atoms with Gasteiger partial charge in [0.15, 0.2) is 0 Å². The molecule has 0 amide bonds. The summed E-state index contributed by atoms with van der Waals surface area (Å²) in [5, 5.41) is 0. The molecule has 0 aromatic heterocycles. The minimum Gasteiger partial charge on any atom is -0.491 e. The Kier molecular flexibility index (Phi) is 10.7. The van der Waals surface area contributed by atoms with Gasteiger partial charge in [0.1, 0.15) is 24.7 Å². The van der Waals surface area contributed by atoms with Crippen LogP contribution < -0.4 is 9.47 Å². The van der Waals surface area contributed by atoms with Crippen LogP contribution in [-0.4, -0.2) is 26.4 Å². The summed E-state index contributed by atoms with van der Waals surface area (Å²) in [6.07, 6.45) is 3.95. The minimum absolute atomic E-state index is 0.138. The molecule has 0 aliphatic carbocycles. The molecule has 0 aliphatic heterocycles. The number of rotatable bonds is 12. The van der Waals surface area contributed by atoms with E-state index in [-0.39, 0.29) is 10.8 Å². The monoisotopic (exact) mass is 482 g/mol. The van der Waals surface area contributed by atoms with Gasteiger partial charge in [0.05, 0.1) is 13.2 Å². The van der Waals surface area contributed by atoms with E-state index in [2.05, 4.69) is 93.5 Å². The van der Waals surface area contributed by atoms with Gasteiger partial charge in [-0.05, 0) is 82.0 Å². The molecule has 35 heavy (non-hydrogen) atoms. The fraction of sp³-hybridized carbons (Fsp3) is 0.625. The standard InChI is InChI=1S/C32H50O3/c1-11-23-21-29(25(13-3)19-27(23)31(5,6)7)34-17-15-33-16-18-35-30-22-24(12-2)28(32(8,9)10)20-26(30)14-4/h19-22H,11-18H2,1-10H3. The Morgan fingerprint density at radius 1 is 0.486 bits per heavy atom. The quantitative estimate of drug-likeness (QED) is 0.287. The summed E-state index contributed by atoms with van der Waals surface area (Å²) in [5.41, 5.74) is 8.40. The van der Waals surface area contributed by atoms with E-state index in [4.69, 9.17) is 14.2 Å². The van der Waals surface area contributed by atoms with Crippen molar-refractivity contribution >= 4 is 0 Å². The third kappa shape index (κ3) is 8.00. The van der Waals surface area contributed by atoms with Crippen molar-refractivity contribution in [3.05, 3.63) is 57.6 Å². The van der Waals surface area contributed by atoms with Crippen LogP contribution in [0.25, 0.3) is 0 Å². The molecule has 0 spiro atoms. The summed E-state index contributed by atoms with van der Waals surface area (Å²) in [6.45, 7) is 24.7. The van der Waals surface area contributed by atoms with Gasteiger partial charge in [0.25, 0.3) is 0 Å². The predicted molar refractivity (Wildman–Crippen MR) is 150 cm³/mol. The van der Waals surface area contributed by atoms with Crippen molar-refractivity contribution in [2.45, 2.75) is 106 Å². The van der Waals surface area contributed by atoms with E-state index in [0.717, 1.165) is 37.2 Å². The van der Waals surface area contributed by atoms with Crippen LogP contribution in [0.1, 0.15) is 103 Å². The Morgan fingerprint density at radius 2 is 0.829 bits per heavy atom. The highest BCUT2D eigenvalue weighted by Gasteiger charge is 2.21. The first kappa shape index (κ1) is 29.2. The van der Waals surface area contributed by atoms with Crippen LogP contribution in [-0.2, 0) is 41.3 Å². The molecule has 0 fully saturated rings. The number of benzene rings is 2. The van der Waals surface area contributed by atoms with Crippen molar-refractivity contribution in [3.8, 4) is 11.5 Å². The molecule has 2 aromatic rings. The zero-order chi connectivity index (χ0) is 26.2. The largest absolute Gasteiger partial charge is 0.491 e. The number of hydrogen-bond acceptors (Lipinski definition) is 3. The Labute approximate surface area is 215 Å². The smallest absolute Gasteiger partial charge is 0.122 e. The SMILES string of the molecule is CCc1cc(C(C)(C)C)c(CC)cc1OCCOCCOc1cc(CC)c(C(C)(C)C)cc1CC. The average molecular weight is 483 g/mol. The lowest BCUT2D eigenvalue weighted by molar-refractivity contribution is 0.0759. The summed E-state index contributed by atoms with van der Waals surface area (Å²) in [7, 11) is 0. The van der Waals surface area contributed by atoms with Gasteiger partial charge in [-0.25, -0.2) is 0 Å². The summed E-state index contributed by atoms with van der Waals surface area (Å²) >= 11 is 0. The minimum atomic E-state index is 0.138. The summed E-state index contributed by atoms with van der Waals surface area (Å²) in [6, 6.07) is 9.15. The highest BCUT2D eigenvalue weighted by atomic mass is 16.5. The average Bonchev–Trinajstić information content (AvgIpc) is 2.81. The van der Waals surface area contributed by atoms with Crippen LogP contribution in [0.3, 0.4) is 0 Å². The van der Waals surface area contributed by atoms with Crippen LogP contribution in [0.2, 0.25) is 0 Å². The topological polar surface area (TPSA) is 27.7 Å². The molecule has 0 unspecified atom stereocenters. The highest BCUT2D eigenvalue weighted by Crippen LogP contribution is 2.34.